The van der Waals surface area contributed by atoms with Crippen molar-refractivity contribution in [2.45, 2.75) is 65.0 Å². The normalized spacial score (nSPS) is 16.8. The number of nitrogens with zero attached hydrogens (tertiary/aromatic N) is 4. The van der Waals surface area contributed by atoms with Gasteiger partial charge in [-0.3, -0.25) is 4.79 Å². The number of aromatic nitrogens is 3. The molecule has 29 heavy (non-hydrogen) atoms. The molecule has 5 heteroatoms. The Morgan fingerprint density at radius 2 is 1.83 bits per heavy atom. The molecule has 0 radical (unpaired) electrons. The average molecular weight is 393 g/mol. The first-order valence-electron chi connectivity index (χ1n) is 10.9. The first kappa shape index (κ1) is 19.7. The van der Waals surface area contributed by atoms with E-state index in [1.165, 1.54) is 11.4 Å². The Hall–Kier alpha value is -2.56. The van der Waals surface area contributed by atoms with E-state index < -0.39 is 0 Å². The zero-order chi connectivity index (χ0) is 20.4. The van der Waals surface area contributed by atoms with Crippen LogP contribution in [0.2, 0.25) is 0 Å². The molecule has 5 nitrogen and oxygen atoms in total. The second kappa shape index (κ2) is 8.44. The molecule has 1 saturated heterocycles. The molecule has 154 valence electrons. The van der Waals surface area contributed by atoms with E-state index in [-0.39, 0.29) is 11.9 Å². The summed E-state index contributed by atoms with van der Waals surface area (Å²) in [7, 11) is 2.07. The van der Waals surface area contributed by atoms with Crippen molar-refractivity contribution in [1.82, 2.24) is 19.0 Å². The van der Waals surface area contributed by atoms with E-state index in [1.54, 1.807) is 0 Å². The van der Waals surface area contributed by atoms with E-state index in [9.17, 15) is 4.79 Å². The second-order valence-electron chi connectivity index (χ2n) is 8.34. The van der Waals surface area contributed by atoms with Gasteiger partial charge in [-0.15, -0.1) is 0 Å². The summed E-state index contributed by atoms with van der Waals surface area (Å²) >= 11 is 0. The predicted octanol–water partition coefficient (Wildman–Crippen LogP) is 4.92. The number of likely N-dealkylation sites (tertiary alicyclic amines) is 1. The number of aryl methyl sites for hydroxylation is 3. The van der Waals surface area contributed by atoms with Gasteiger partial charge in [-0.05, 0) is 63.8 Å². The maximum Gasteiger partial charge on any atom is 0.223 e. The Morgan fingerprint density at radius 3 is 2.59 bits per heavy atom. The van der Waals surface area contributed by atoms with Crippen molar-refractivity contribution in [2.24, 2.45) is 7.05 Å². The largest absolute Gasteiger partial charge is 0.349 e. The number of hydrogen-bond donors (Lipinski definition) is 0. The zero-order valence-corrected chi connectivity index (χ0v) is 17.9. The highest BCUT2D eigenvalue weighted by Crippen LogP contribution is 2.33. The molecule has 4 rings (SSSR count). The van der Waals surface area contributed by atoms with Crippen molar-refractivity contribution < 1.29 is 4.79 Å². The van der Waals surface area contributed by atoms with Gasteiger partial charge in [-0.1, -0.05) is 18.6 Å². The smallest absolute Gasteiger partial charge is 0.223 e. The number of benzene rings is 1. The quantitative estimate of drug-likeness (QED) is 0.536. The van der Waals surface area contributed by atoms with Crippen LogP contribution in [-0.2, 0) is 18.4 Å². The van der Waals surface area contributed by atoms with Crippen LogP contribution >= 0.6 is 0 Å². The maximum absolute atomic E-state index is 12.9. The number of fused-ring (bicyclic) bond motifs is 1. The van der Waals surface area contributed by atoms with E-state index >= 15 is 0 Å². The van der Waals surface area contributed by atoms with Crippen LogP contribution in [0.25, 0.3) is 11.0 Å². The summed E-state index contributed by atoms with van der Waals surface area (Å²) in [5.41, 5.74) is 4.79. The Balaban J connectivity index is 1.32. The summed E-state index contributed by atoms with van der Waals surface area (Å²) in [6, 6.07) is 12.7. The van der Waals surface area contributed by atoms with Gasteiger partial charge >= 0.3 is 0 Å². The van der Waals surface area contributed by atoms with Crippen LogP contribution in [0.4, 0.5) is 0 Å². The topological polar surface area (TPSA) is 43.1 Å². The number of carbonyl (C=O) groups excluding carboxylic acids is 1. The van der Waals surface area contributed by atoms with Crippen molar-refractivity contribution >= 4 is 16.9 Å². The lowest BCUT2D eigenvalue weighted by Gasteiger charge is -2.24. The molecule has 0 bridgehead atoms. The summed E-state index contributed by atoms with van der Waals surface area (Å²) in [6.07, 6.45) is 5.89. The van der Waals surface area contributed by atoms with Gasteiger partial charge in [0.05, 0.1) is 17.1 Å². The molecule has 1 aliphatic rings. The highest BCUT2D eigenvalue weighted by Gasteiger charge is 2.32. The highest BCUT2D eigenvalue weighted by molar-refractivity contribution is 5.78. The van der Waals surface area contributed by atoms with Crippen LogP contribution in [0.5, 0.6) is 0 Å². The predicted molar refractivity (Wildman–Crippen MR) is 117 cm³/mol. The number of amides is 1. The third-order valence-corrected chi connectivity index (χ3v) is 6.38. The van der Waals surface area contributed by atoms with E-state index in [4.69, 9.17) is 4.98 Å². The van der Waals surface area contributed by atoms with Gasteiger partial charge in [0, 0.05) is 37.9 Å². The Morgan fingerprint density at radius 1 is 1.07 bits per heavy atom. The fourth-order valence-electron chi connectivity index (χ4n) is 4.71. The minimum Gasteiger partial charge on any atom is -0.349 e. The van der Waals surface area contributed by atoms with Crippen LogP contribution in [0.1, 0.15) is 61.8 Å². The Bertz CT molecular complexity index is 980. The molecule has 0 unspecified atom stereocenters. The van der Waals surface area contributed by atoms with Crippen molar-refractivity contribution in [3.63, 3.8) is 0 Å². The van der Waals surface area contributed by atoms with Crippen molar-refractivity contribution in [1.29, 1.82) is 0 Å². The molecule has 3 heterocycles. The SMILES string of the molecule is Cc1ccc(C)n1CCCCCC(=O)N1CCC[C@@H]1c1nc2ccccc2n1C. The van der Waals surface area contributed by atoms with Crippen LogP contribution < -0.4 is 0 Å². The molecule has 0 N–H and O–H groups in total. The lowest BCUT2D eigenvalue weighted by molar-refractivity contribution is -0.132. The number of imidazole rings is 1. The highest BCUT2D eigenvalue weighted by atomic mass is 16.2. The van der Waals surface area contributed by atoms with Crippen molar-refractivity contribution in [3.8, 4) is 0 Å². The van der Waals surface area contributed by atoms with Crippen molar-refractivity contribution in [2.75, 3.05) is 6.54 Å². The fraction of sp³-hybridized carbons (Fsp3) is 0.500. The Labute approximate surface area is 173 Å². The first-order valence-corrected chi connectivity index (χ1v) is 10.9. The van der Waals surface area contributed by atoms with E-state index in [1.807, 2.05) is 18.2 Å². The standard InChI is InChI=1S/C24H32N4O/c1-18-14-15-19(2)27(18)16-8-4-5-13-23(29)28-17-9-12-22(28)24-25-20-10-6-7-11-21(20)26(24)3/h6-7,10-11,14-15,22H,4-5,8-9,12-13,16-17H2,1-3H3/t22-/m1/s1. The molecule has 3 aromatic rings. The number of carbonyl (C=O) groups is 1. The third kappa shape index (κ3) is 3.96. The van der Waals surface area contributed by atoms with Gasteiger partial charge in [0.15, 0.2) is 0 Å². The second-order valence-corrected chi connectivity index (χ2v) is 8.34. The minimum atomic E-state index is 0.116. The molecular weight excluding hydrogens is 360 g/mol. The number of para-hydroxylation sites is 2. The summed E-state index contributed by atoms with van der Waals surface area (Å²) in [5, 5.41) is 0. The molecular formula is C24H32N4O. The van der Waals surface area contributed by atoms with Gasteiger partial charge in [0.1, 0.15) is 5.82 Å². The molecule has 1 fully saturated rings. The third-order valence-electron chi connectivity index (χ3n) is 6.38. The summed E-state index contributed by atoms with van der Waals surface area (Å²) in [6.45, 7) is 6.22. The van der Waals surface area contributed by atoms with E-state index in [0.29, 0.717) is 6.42 Å². The van der Waals surface area contributed by atoms with Crippen LogP contribution in [0.3, 0.4) is 0 Å². The summed E-state index contributed by atoms with van der Waals surface area (Å²) in [5.74, 6) is 1.31. The van der Waals surface area contributed by atoms with Crippen LogP contribution in [-0.4, -0.2) is 31.5 Å². The number of hydrogen-bond acceptors (Lipinski definition) is 2. The van der Waals surface area contributed by atoms with Gasteiger partial charge in [-0.25, -0.2) is 4.98 Å². The number of rotatable bonds is 7. The lowest BCUT2D eigenvalue weighted by atomic mass is 10.1. The van der Waals surface area contributed by atoms with E-state index in [0.717, 1.165) is 62.1 Å². The molecule has 0 aliphatic carbocycles. The van der Waals surface area contributed by atoms with Gasteiger partial charge < -0.3 is 14.0 Å². The number of unbranched alkanes of at least 4 members (excludes halogenated alkanes) is 2. The molecule has 0 saturated carbocycles. The fourth-order valence-corrected chi connectivity index (χ4v) is 4.71. The molecule has 2 aromatic heterocycles. The van der Waals surface area contributed by atoms with Crippen molar-refractivity contribution in [3.05, 3.63) is 53.6 Å². The van der Waals surface area contributed by atoms with Gasteiger partial charge in [0.2, 0.25) is 5.91 Å². The van der Waals surface area contributed by atoms with E-state index in [2.05, 4.69) is 53.1 Å². The first-order chi connectivity index (χ1) is 14.1. The average Bonchev–Trinajstić information content (AvgIpc) is 3.41. The molecule has 1 amide bonds. The molecule has 1 aromatic carbocycles. The van der Waals surface area contributed by atoms with Gasteiger partial charge in [-0.2, -0.15) is 0 Å². The van der Waals surface area contributed by atoms with Crippen LogP contribution in [0.15, 0.2) is 36.4 Å². The Kier molecular flexibility index (Phi) is 5.74. The lowest BCUT2D eigenvalue weighted by Crippen LogP contribution is -2.31. The monoisotopic (exact) mass is 392 g/mol. The molecule has 1 aliphatic heterocycles. The van der Waals surface area contributed by atoms with Gasteiger partial charge in [0.25, 0.3) is 0 Å². The zero-order valence-electron chi connectivity index (χ0n) is 17.9. The van der Waals surface area contributed by atoms with Crippen LogP contribution in [0, 0.1) is 13.8 Å². The summed E-state index contributed by atoms with van der Waals surface area (Å²) in [4.78, 5) is 19.9. The minimum absolute atomic E-state index is 0.116. The maximum atomic E-state index is 12.9. The molecule has 1 atom stereocenters. The summed E-state index contributed by atoms with van der Waals surface area (Å²) < 4.78 is 4.53. The molecule has 0 spiro atoms.